The number of hydrogen-bond donors (Lipinski definition) is 2. The normalized spacial score (nSPS) is 19.6. The highest BCUT2D eigenvalue weighted by molar-refractivity contribution is 6.00. The van der Waals surface area contributed by atoms with Gasteiger partial charge in [-0.05, 0) is 25.8 Å². The number of fused-ring (bicyclic) bond motifs is 1. The lowest BCUT2D eigenvalue weighted by Crippen LogP contribution is -2.47. The zero-order chi connectivity index (χ0) is 14.2. The van der Waals surface area contributed by atoms with E-state index >= 15 is 0 Å². The molecule has 2 aliphatic rings. The maximum absolute atomic E-state index is 12.5. The number of hydrogen-bond acceptors (Lipinski definition) is 4. The molecule has 5 nitrogen and oxygen atoms in total. The highest BCUT2D eigenvalue weighted by Gasteiger charge is 2.30. The number of anilines is 1. The first-order valence-electron chi connectivity index (χ1n) is 7.09. The average molecular weight is 276 g/mol. The van der Waals surface area contributed by atoms with Crippen LogP contribution in [0.5, 0.6) is 11.5 Å². The second kappa shape index (κ2) is 4.89. The van der Waals surface area contributed by atoms with Crippen molar-refractivity contribution in [2.45, 2.75) is 44.6 Å². The van der Waals surface area contributed by atoms with Crippen molar-refractivity contribution in [2.24, 2.45) is 0 Å². The second-order valence-electron chi connectivity index (χ2n) is 5.87. The van der Waals surface area contributed by atoms with Gasteiger partial charge in [-0.25, -0.2) is 0 Å². The summed E-state index contributed by atoms with van der Waals surface area (Å²) in [6.45, 7) is 2.28. The molecule has 1 aliphatic heterocycles. The van der Waals surface area contributed by atoms with Crippen LogP contribution in [0.25, 0.3) is 0 Å². The van der Waals surface area contributed by atoms with Crippen LogP contribution in [0.4, 0.5) is 5.69 Å². The molecule has 1 aromatic carbocycles. The van der Waals surface area contributed by atoms with Crippen molar-refractivity contribution < 1.29 is 14.3 Å². The van der Waals surface area contributed by atoms with E-state index in [9.17, 15) is 4.79 Å². The number of carbonyl (C=O) groups is 1. The minimum atomic E-state index is -0.134. The molecule has 0 radical (unpaired) electrons. The summed E-state index contributed by atoms with van der Waals surface area (Å²) in [6, 6.07) is 3.32. The Balaban J connectivity index is 1.80. The predicted octanol–water partition coefficient (Wildman–Crippen LogP) is 2.45. The maximum atomic E-state index is 12.5. The van der Waals surface area contributed by atoms with E-state index in [-0.39, 0.29) is 18.2 Å². The lowest BCUT2D eigenvalue weighted by Gasteiger charge is -2.34. The molecule has 3 N–H and O–H groups in total. The molecule has 1 heterocycles. The number of nitrogens with two attached hydrogens (primary N) is 1. The number of rotatable bonds is 2. The van der Waals surface area contributed by atoms with Crippen molar-refractivity contribution in [2.75, 3.05) is 12.5 Å². The number of amides is 1. The molecule has 1 amide bonds. The Bertz CT molecular complexity index is 536. The number of nitrogens with one attached hydrogen (secondary N) is 1. The lowest BCUT2D eigenvalue weighted by atomic mass is 9.83. The summed E-state index contributed by atoms with van der Waals surface area (Å²) >= 11 is 0. The number of nitrogen functional groups attached to an aromatic ring is 1. The van der Waals surface area contributed by atoms with Gasteiger partial charge in [0, 0.05) is 17.3 Å². The van der Waals surface area contributed by atoms with Gasteiger partial charge in [0.15, 0.2) is 11.5 Å². The van der Waals surface area contributed by atoms with E-state index in [0.717, 1.165) is 25.7 Å². The van der Waals surface area contributed by atoms with E-state index in [2.05, 4.69) is 12.2 Å². The Morgan fingerprint density at radius 3 is 2.55 bits per heavy atom. The molecule has 0 unspecified atom stereocenters. The molecule has 0 aromatic heterocycles. The van der Waals surface area contributed by atoms with Gasteiger partial charge in [-0.1, -0.05) is 19.3 Å². The third kappa shape index (κ3) is 2.40. The first kappa shape index (κ1) is 13.1. The predicted molar refractivity (Wildman–Crippen MR) is 75.9 cm³/mol. The van der Waals surface area contributed by atoms with E-state index in [1.54, 1.807) is 12.1 Å². The van der Waals surface area contributed by atoms with Crippen LogP contribution >= 0.6 is 0 Å². The molecule has 1 aromatic rings. The highest BCUT2D eigenvalue weighted by Crippen LogP contribution is 2.36. The first-order valence-corrected chi connectivity index (χ1v) is 7.09. The Morgan fingerprint density at radius 1 is 1.20 bits per heavy atom. The van der Waals surface area contributed by atoms with E-state index < -0.39 is 0 Å². The lowest BCUT2D eigenvalue weighted by molar-refractivity contribution is 0.0883. The number of carbonyl (C=O) groups excluding carboxylic acids is 1. The quantitative estimate of drug-likeness (QED) is 0.814. The number of benzene rings is 1. The maximum Gasteiger partial charge on any atom is 0.253 e. The minimum Gasteiger partial charge on any atom is -0.454 e. The summed E-state index contributed by atoms with van der Waals surface area (Å²) in [7, 11) is 0. The van der Waals surface area contributed by atoms with E-state index in [0.29, 0.717) is 22.7 Å². The molecule has 0 atom stereocenters. The molecule has 20 heavy (non-hydrogen) atoms. The van der Waals surface area contributed by atoms with Crippen LogP contribution < -0.4 is 20.5 Å². The third-order valence-electron chi connectivity index (χ3n) is 4.16. The Kier molecular flexibility index (Phi) is 3.20. The standard InChI is InChI=1S/C15H20N2O3/c1-15(5-3-2-4-6-15)17-14(18)10-7-12-13(8-11(10)16)20-9-19-12/h7-8H,2-6,9,16H2,1H3,(H,17,18). The zero-order valence-electron chi connectivity index (χ0n) is 11.7. The monoisotopic (exact) mass is 276 g/mol. The Hall–Kier alpha value is -1.91. The molecule has 0 bridgehead atoms. The van der Waals surface area contributed by atoms with Crippen molar-refractivity contribution in [3.8, 4) is 11.5 Å². The molecule has 1 fully saturated rings. The molecule has 5 heteroatoms. The molecule has 0 saturated heterocycles. The molecular weight excluding hydrogens is 256 g/mol. The molecule has 108 valence electrons. The van der Waals surface area contributed by atoms with Crippen molar-refractivity contribution in [3.05, 3.63) is 17.7 Å². The fraction of sp³-hybridized carbons (Fsp3) is 0.533. The van der Waals surface area contributed by atoms with E-state index in [4.69, 9.17) is 15.2 Å². The van der Waals surface area contributed by atoms with Gasteiger partial charge in [-0.3, -0.25) is 4.79 Å². The van der Waals surface area contributed by atoms with Gasteiger partial charge >= 0.3 is 0 Å². The fourth-order valence-corrected chi connectivity index (χ4v) is 2.95. The molecule has 0 spiro atoms. The van der Waals surface area contributed by atoms with E-state index in [1.165, 1.54) is 6.42 Å². The van der Waals surface area contributed by atoms with Gasteiger partial charge < -0.3 is 20.5 Å². The van der Waals surface area contributed by atoms with Gasteiger partial charge in [-0.15, -0.1) is 0 Å². The van der Waals surface area contributed by atoms with Gasteiger partial charge in [-0.2, -0.15) is 0 Å². The summed E-state index contributed by atoms with van der Waals surface area (Å²) in [5.74, 6) is 1.05. The van der Waals surface area contributed by atoms with Gasteiger partial charge in [0.1, 0.15) is 0 Å². The third-order valence-corrected chi connectivity index (χ3v) is 4.16. The van der Waals surface area contributed by atoms with Gasteiger partial charge in [0.05, 0.1) is 5.56 Å². The van der Waals surface area contributed by atoms with Crippen LogP contribution in [0.3, 0.4) is 0 Å². The summed E-state index contributed by atoms with van der Waals surface area (Å²) in [4.78, 5) is 12.5. The summed E-state index contributed by atoms with van der Waals surface area (Å²) < 4.78 is 10.6. The van der Waals surface area contributed by atoms with Gasteiger partial charge in [0.25, 0.3) is 5.91 Å². The van der Waals surface area contributed by atoms with Crippen LogP contribution in [0.15, 0.2) is 12.1 Å². The van der Waals surface area contributed by atoms with Crippen LogP contribution in [0.1, 0.15) is 49.4 Å². The topological polar surface area (TPSA) is 73.6 Å². The molecule has 1 aliphatic carbocycles. The van der Waals surface area contributed by atoms with Crippen molar-refractivity contribution in [1.82, 2.24) is 5.32 Å². The van der Waals surface area contributed by atoms with Gasteiger partial charge in [0.2, 0.25) is 6.79 Å². The fourth-order valence-electron chi connectivity index (χ4n) is 2.95. The van der Waals surface area contributed by atoms with E-state index in [1.807, 2.05) is 0 Å². The average Bonchev–Trinajstić information content (AvgIpc) is 2.85. The Morgan fingerprint density at radius 2 is 1.85 bits per heavy atom. The highest BCUT2D eigenvalue weighted by atomic mass is 16.7. The Labute approximate surface area is 118 Å². The summed E-state index contributed by atoms with van der Waals surface area (Å²) in [6.07, 6.45) is 5.60. The smallest absolute Gasteiger partial charge is 0.253 e. The zero-order valence-corrected chi connectivity index (χ0v) is 11.7. The summed E-state index contributed by atoms with van der Waals surface area (Å²) in [5.41, 5.74) is 6.70. The van der Waals surface area contributed by atoms with Crippen molar-refractivity contribution in [3.63, 3.8) is 0 Å². The van der Waals surface area contributed by atoms with Crippen LogP contribution in [0.2, 0.25) is 0 Å². The second-order valence-corrected chi connectivity index (χ2v) is 5.87. The SMILES string of the molecule is CC1(NC(=O)c2cc3c(cc2N)OCO3)CCCCC1. The molecule has 1 saturated carbocycles. The first-order chi connectivity index (χ1) is 9.57. The molecular formula is C15H20N2O3. The van der Waals surface area contributed by atoms with Crippen LogP contribution in [-0.2, 0) is 0 Å². The van der Waals surface area contributed by atoms with Crippen LogP contribution in [-0.4, -0.2) is 18.2 Å². The van der Waals surface area contributed by atoms with Crippen molar-refractivity contribution in [1.29, 1.82) is 0 Å². The minimum absolute atomic E-state index is 0.127. The van der Waals surface area contributed by atoms with Crippen LogP contribution in [0, 0.1) is 0 Å². The number of ether oxygens (including phenoxy) is 2. The largest absolute Gasteiger partial charge is 0.454 e. The van der Waals surface area contributed by atoms with Crippen molar-refractivity contribution >= 4 is 11.6 Å². The summed E-state index contributed by atoms with van der Waals surface area (Å²) in [5, 5.41) is 3.13. The molecule has 3 rings (SSSR count).